The van der Waals surface area contributed by atoms with E-state index in [0.29, 0.717) is 0 Å². The molecule has 0 saturated carbocycles. The molecule has 8 N–H and O–H groups in total. The zero-order valence-corrected chi connectivity index (χ0v) is 11.1. The predicted octanol–water partition coefficient (Wildman–Crippen LogP) is -3.36. The lowest BCUT2D eigenvalue weighted by atomic mass is 10.1. The molecule has 0 radical (unpaired) electrons. The van der Waals surface area contributed by atoms with Crippen LogP contribution in [0.3, 0.4) is 0 Å². The molecule has 1 rings (SSSR count). The van der Waals surface area contributed by atoms with Crippen molar-refractivity contribution in [2.45, 2.75) is 24.4 Å². The van der Waals surface area contributed by atoms with E-state index < -0.39 is 44.8 Å². The quantitative estimate of drug-likeness (QED) is 0.149. The number of rotatable bonds is 6. The van der Waals surface area contributed by atoms with E-state index in [0.717, 1.165) is 0 Å². The van der Waals surface area contributed by atoms with Gasteiger partial charge in [0.2, 0.25) is 0 Å². The monoisotopic (exact) mass is 313 g/mol. The summed E-state index contributed by atoms with van der Waals surface area (Å²) in [6, 6.07) is 0. The number of amidine groups is 1. The van der Waals surface area contributed by atoms with Crippen molar-refractivity contribution in [3.63, 3.8) is 0 Å². The summed E-state index contributed by atoms with van der Waals surface area (Å²) in [7, 11) is -4.97. The number of amides is 1. The Hall–Kier alpha value is -1.07. The van der Waals surface area contributed by atoms with Gasteiger partial charge < -0.3 is 35.8 Å². The molecule has 11 nitrogen and oxygen atoms in total. The SMILES string of the molecule is N=C(N)CNC(=O)C1O[C@H](CO)[C@@H](O)[C@H]1OP(=O)(O)O. The van der Waals surface area contributed by atoms with E-state index in [4.69, 9.17) is 30.8 Å². The van der Waals surface area contributed by atoms with Crippen molar-refractivity contribution >= 4 is 19.6 Å². The van der Waals surface area contributed by atoms with Crippen LogP contribution in [0.25, 0.3) is 0 Å². The van der Waals surface area contributed by atoms with Crippen LogP contribution in [0.2, 0.25) is 0 Å². The van der Waals surface area contributed by atoms with Crippen LogP contribution in [0.4, 0.5) is 0 Å². The highest BCUT2D eigenvalue weighted by atomic mass is 31.2. The van der Waals surface area contributed by atoms with Crippen LogP contribution in [-0.4, -0.2) is 69.3 Å². The smallest absolute Gasteiger partial charge is 0.394 e. The highest BCUT2D eigenvalue weighted by Gasteiger charge is 2.50. The molecule has 1 saturated heterocycles. The Bertz CT molecular complexity index is 426. The van der Waals surface area contributed by atoms with E-state index in [2.05, 4.69) is 9.84 Å². The number of nitrogens with one attached hydrogen (secondary N) is 2. The first-order valence-corrected chi connectivity index (χ1v) is 6.97. The van der Waals surface area contributed by atoms with Gasteiger partial charge in [-0.25, -0.2) is 4.57 Å². The van der Waals surface area contributed by atoms with E-state index in [1.54, 1.807) is 0 Å². The summed E-state index contributed by atoms with van der Waals surface area (Å²) in [6.45, 7) is -0.972. The summed E-state index contributed by atoms with van der Waals surface area (Å²) in [5.41, 5.74) is 5.04. The van der Waals surface area contributed by atoms with Crippen molar-refractivity contribution in [2.24, 2.45) is 5.73 Å². The number of hydrogen-bond acceptors (Lipinski definition) is 7. The molecule has 0 aromatic carbocycles. The van der Waals surface area contributed by atoms with Crippen LogP contribution in [0.15, 0.2) is 0 Å². The molecule has 1 heterocycles. The van der Waals surface area contributed by atoms with Crippen LogP contribution >= 0.6 is 7.82 Å². The van der Waals surface area contributed by atoms with Gasteiger partial charge in [0.1, 0.15) is 24.1 Å². The molecule has 116 valence electrons. The molecular formula is C8H16N3O8P. The lowest BCUT2D eigenvalue weighted by molar-refractivity contribution is -0.135. The Morgan fingerprint density at radius 2 is 2.10 bits per heavy atom. The van der Waals surface area contributed by atoms with Gasteiger partial charge in [-0.1, -0.05) is 0 Å². The summed E-state index contributed by atoms with van der Waals surface area (Å²) >= 11 is 0. The van der Waals surface area contributed by atoms with Crippen LogP contribution in [0.5, 0.6) is 0 Å². The lowest BCUT2D eigenvalue weighted by Gasteiger charge is -2.20. The Labute approximate surface area is 113 Å². The van der Waals surface area contributed by atoms with Crippen molar-refractivity contribution in [3.05, 3.63) is 0 Å². The van der Waals surface area contributed by atoms with Crippen molar-refractivity contribution in [1.82, 2.24) is 5.32 Å². The highest BCUT2D eigenvalue weighted by molar-refractivity contribution is 7.46. The van der Waals surface area contributed by atoms with Crippen molar-refractivity contribution in [3.8, 4) is 0 Å². The van der Waals surface area contributed by atoms with E-state index in [9.17, 15) is 14.5 Å². The number of carbonyl (C=O) groups is 1. The maximum absolute atomic E-state index is 11.7. The second-order valence-corrected chi connectivity index (χ2v) is 5.26. The Morgan fingerprint density at radius 3 is 2.55 bits per heavy atom. The molecule has 12 heteroatoms. The molecule has 4 atom stereocenters. The molecule has 1 unspecified atom stereocenters. The third-order valence-electron chi connectivity index (χ3n) is 2.49. The topological polar surface area (TPSA) is 195 Å². The van der Waals surface area contributed by atoms with E-state index in [-0.39, 0.29) is 12.4 Å². The zero-order chi connectivity index (χ0) is 15.5. The zero-order valence-electron chi connectivity index (χ0n) is 10.2. The Balaban J connectivity index is 2.81. The van der Waals surface area contributed by atoms with Gasteiger partial charge in [0, 0.05) is 0 Å². The number of carbonyl (C=O) groups excluding carboxylic acids is 1. The minimum Gasteiger partial charge on any atom is -0.394 e. The molecule has 0 spiro atoms. The van der Waals surface area contributed by atoms with Gasteiger partial charge in [-0.3, -0.25) is 14.7 Å². The largest absolute Gasteiger partial charge is 0.470 e. The minimum absolute atomic E-state index is 0.304. The fourth-order valence-electron chi connectivity index (χ4n) is 1.66. The maximum Gasteiger partial charge on any atom is 0.470 e. The molecular weight excluding hydrogens is 297 g/mol. The summed E-state index contributed by atoms with van der Waals surface area (Å²) in [5.74, 6) is -1.23. The Kier molecular flexibility index (Phi) is 5.59. The van der Waals surface area contributed by atoms with Crippen molar-refractivity contribution < 1.29 is 38.6 Å². The van der Waals surface area contributed by atoms with Gasteiger partial charge in [-0.2, -0.15) is 0 Å². The first-order valence-electron chi connectivity index (χ1n) is 5.44. The van der Waals surface area contributed by atoms with Crippen LogP contribution < -0.4 is 11.1 Å². The van der Waals surface area contributed by atoms with E-state index >= 15 is 0 Å². The first kappa shape index (κ1) is 17.0. The molecule has 1 aliphatic rings. The van der Waals surface area contributed by atoms with Crippen molar-refractivity contribution in [1.29, 1.82) is 5.41 Å². The molecule has 0 aromatic rings. The van der Waals surface area contributed by atoms with Gasteiger partial charge in [0.25, 0.3) is 5.91 Å². The number of hydrogen-bond donors (Lipinski definition) is 7. The molecule has 0 aliphatic carbocycles. The highest BCUT2D eigenvalue weighted by Crippen LogP contribution is 2.41. The minimum atomic E-state index is -4.97. The van der Waals surface area contributed by atoms with Crippen LogP contribution in [0.1, 0.15) is 0 Å². The summed E-state index contributed by atoms with van der Waals surface area (Å²) in [4.78, 5) is 29.2. The summed E-state index contributed by atoms with van der Waals surface area (Å²) in [6.07, 6.45) is -6.02. The first-order chi connectivity index (χ1) is 9.15. The molecule has 0 bridgehead atoms. The Morgan fingerprint density at radius 1 is 1.50 bits per heavy atom. The second kappa shape index (κ2) is 6.59. The molecule has 1 fully saturated rings. The predicted molar refractivity (Wildman–Crippen MR) is 63.6 cm³/mol. The van der Waals surface area contributed by atoms with Gasteiger partial charge in [0.15, 0.2) is 6.10 Å². The third-order valence-corrected chi connectivity index (χ3v) is 3.01. The lowest BCUT2D eigenvalue weighted by Crippen LogP contribution is -2.46. The molecule has 0 aromatic heterocycles. The second-order valence-electron chi connectivity index (χ2n) is 4.07. The normalized spacial score (nSPS) is 30.2. The molecule has 1 amide bonds. The number of nitrogens with two attached hydrogens (primary N) is 1. The van der Waals surface area contributed by atoms with Gasteiger partial charge in [-0.15, -0.1) is 0 Å². The molecule has 20 heavy (non-hydrogen) atoms. The average Bonchev–Trinajstić information content (AvgIpc) is 2.62. The standard InChI is InChI=1S/C8H16N3O8P/c9-4(10)1-11-8(14)7-6(19-20(15,16)17)5(13)3(2-12)18-7/h3,5-7,12-13H,1-2H2,(H3,9,10)(H,11,14)(H2,15,16,17)/t3-,5-,6-,7?/m1/s1. The van der Waals surface area contributed by atoms with Gasteiger partial charge >= 0.3 is 7.82 Å². The number of phosphoric ester groups is 1. The average molecular weight is 313 g/mol. The number of aliphatic hydroxyl groups is 2. The van der Waals surface area contributed by atoms with E-state index in [1.165, 1.54) is 0 Å². The van der Waals surface area contributed by atoms with Gasteiger partial charge in [0.05, 0.1) is 13.2 Å². The van der Waals surface area contributed by atoms with Gasteiger partial charge in [-0.05, 0) is 0 Å². The van der Waals surface area contributed by atoms with Crippen LogP contribution in [-0.2, 0) is 18.6 Å². The molecule has 1 aliphatic heterocycles. The maximum atomic E-state index is 11.7. The fourth-order valence-corrected chi connectivity index (χ4v) is 2.21. The summed E-state index contributed by atoms with van der Waals surface area (Å²) in [5, 5.41) is 27.8. The fraction of sp³-hybridized carbons (Fsp3) is 0.750. The van der Waals surface area contributed by atoms with E-state index in [1.807, 2.05) is 0 Å². The van der Waals surface area contributed by atoms with Crippen molar-refractivity contribution in [2.75, 3.05) is 13.2 Å². The number of phosphoric acid groups is 1. The third kappa shape index (κ3) is 4.49. The number of aliphatic hydroxyl groups excluding tert-OH is 2. The summed E-state index contributed by atoms with van der Waals surface area (Å²) < 4.78 is 20.1. The van der Waals surface area contributed by atoms with Crippen LogP contribution in [0, 0.1) is 5.41 Å². The number of ether oxygens (including phenoxy) is 1.